The van der Waals surface area contributed by atoms with Gasteiger partial charge in [0.25, 0.3) is 0 Å². The lowest BCUT2D eigenvalue weighted by Crippen LogP contribution is -2.56. The van der Waals surface area contributed by atoms with E-state index in [0.29, 0.717) is 12.1 Å². The average molecular weight is 325 g/mol. The first-order chi connectivity index (χ1) is 11.3. The van der Waals surface area contributed by atoms with Gasteiger partial charge in [0.15, 0.2) is 6.29 Å². The van der Waals surface area contributed by atoms with Crippen LogP contribution in [0.15, 0.2) is 0 Å². The molecule has 4 atom stereocenters. The maximum atomic E-state index is 10.2. The fraction of sp³-hybridized carbons (Fsp3) is 1.00. The lowest BCUT2D eigenvalue weighted by Gasteiger charge is -2.44. The normalized spacial score (nSPS) is 36.0. The Labute approximate surface area is 141 Å². The number of piperidine rings is 1. The highest BCUT2D eigenvalue weighted by Crippen LogP contribution is 2.35. The number of hydrogen-bond donors (Lipinski definition) is 2. The molecule has 4 unspecified atom stereocenters. The number of rotatable bonds is 5. The Hall–Kier alpha value is -0.160. The van der Waals surface area contributed by atoms with Crippen LogP contribution >= 0.6 is 0 Å². The van der Waals surface area contributed by atoms with Gasteiger partial charge in [-0.3, -0.25) is 5.32 Å². The van der Waals surface area contributed by atoms with Crippen molar-refractivity contribution in [2.75, 3.05) is 7.11 Å². The third kappa shape index (κ3) is 4.68. The Balaban J connectivity index is 1.61. The van der Waals surface area contributed by atoms with Crippen LogP contribution in [0.25, 0.3) is 0 Å². The fourth-order valence-corrected chi connectivity index (χ4v) is 4.87. The van der Waals surface area contributed by atoms with Crippen LogP contribution in [-0.2, 0) is 9.47 Å². The van der Waals surface area contributed by atoms with E-state index in [1.807, 2.05) is 0 Å². The molecule has 0 radical (unpaired) electrons. The van der Waals surface area contributed by atoms with Gasteiger partial charge < -0.3 is 14.6 Å². The van der Waals surface area contributed by atoms with Crippen LogP contribution in [0.2, 0.25) is 0 Å². The predicted octanol–water partition coefficient (Wildman–Crippen LogP) is 3.58. The van der Waals surface area contributed by atoms with Gasteiger partial charge in [0.1, 0.15) is 6.23 Å². The molecule has 2 saturated carbocycles. The predicted molar refractivity (Wildman–Crippen MR) is 91.0 cm³/mol. The smallest absolute Gasteiger partial charge is 0.160 e. The second-order valence-electron chi connectivity index (χ2n) is 7.86. The fourth-order valence-electron chi connectivity index (χ4n) is 4.87. The number of aliphatic hydroxyl groups is 1. The molecule has 0 bridgehead atoms. The van der Waals surface area contributed by atoms with Crippen LogP contribution in [0, 0.1) is 11.8 Å². The number of aliphatic hydroxyl groups excluding tert-OH is 1. The van der Waals surface area contributed by atoms with Crippen LogP contribution in [0.4, 0.5) is 0 Å². The zero-order valence-electron chi connectivity index (χ0n) is 14.7. The maximum Gasteiger partial charge on any atom is 0.160 e. The summed E-state index contributed by atoms with van der Waals surface area (Å²) in [5.41, 5.74) is 0. The first-order valence-electron chi connectivity index (χ1n) is 9.90. The zero-order valence-corrected chi connectivity index (χ0v) is 14.7. The van der Waals surface area contributed by atoms with E-state index >= 15 is 0 Å². The van der Waals surface area contributed by atoms with Crippen molar-refractivity contribution in [3.05, 3.63) is 0 Å². The first-order valence-corrected chi connectivity index (χ1v) is 9.90. The Morgan fingerprint density at radius 1 is 0.870 bits per heavy atom. The molecule has 0 spiro atoms. The van der Waals surface area contributed by atoms with Gasteiger partial charge in [-0.2, -0.15) is 0 Å². The Morgan fingerprint density at radius 3 is 2.17 bits per heavy atom. The molecule has 3 rings (SSSR count). The summed E-state index contributed by atoms with van der Waals surface area (Å²) >= 11 is 0. The van der Waals surface area contributed by atoms with Crippen molar-refractivity contribution in [3.63, 3.8) is 0 Å². The molecule has 0 aromatic rings. The molecule has 3 fully saturated rings. The molecule has 0 amide bonds. The lowest BCUT2D eigenvalue weighted by molar-refractivity contribution is -0.187. The third-order valence-electron chi connectivity index (χ3n) is 6.30. The molecular weight excluding hydrogens is 290 g/mol. The quantitative estimate of drug-likeness (QED) is 0.759. The van der Waals surface area contributed by atoms with Crippen LogP contribution in [0.5, 0.6) is 0 Å². The van der Waals surface area contributed by atoms with E-state index in [1.165, 1.54) is 64.2 Å². The summed E-state index contributed by atoms with van der Waals surface area (Å²) in [6.07, 6.45) is 14.8. The molecule has 3 aliphatic rings. The molecule has 0 aromatic heterocycles. The molecule has 4 heteroatoms. The molecule has 2 aliphatic carbocycles. The van der Waals surface area contributed by atoms with Gasteiger partial charge >= 0.3 is 0 Å². The monoisotopic (exact) mass is 325 g/mol. The molecule has 2 N–H and O–H groups in total. The minimum Gasteiger partial charge on any atom is -0.368 e. The first kappa shape index (κ1) is 17.7. The second-order valence-corrected chi connectivity index (χ2v) is 7.86. The number of nitrogens with one attached hydrogen (secondary N) is 1. The maximum absolute atomic E-state index is 10.2. The van der Waals surface area contributed by atoms with E-state index in [0.717, 1.165) is 18.8 Å². The van der Waals surface area contributed by atoms with E-state index in [-0.39, 0.29) is 12.1 Å². The van der Waals surface area contributed by atoms with E-state index in [4.69, 9.17) is 9.47 Å². The number of methoxy groups -OCH3 is 1. The average Bonchev–Trinajstić information content (AvgIpc) is 2.62. The molecule has 1 aliphatic heterocycles. The Morgan fingerprint density at radius 2 is 1.52 bits per heavy atom. The van der Waals surface area contributed by atoms with Gasteiger partial charge in [-0.1, -0.05) is 38.5 Å². The van der Waals surface area contributed by atoms with Crippen LogP contribution in [-0.4, -0.2) is 36.9 Å². The molecular formula is C19H35NO3. The summed E-state index contributed by atoms with van der Waals surface area (Å²) in [5, 5.41) is 14.0. The standard InChI is InChI=1S/C19H35NO3/c1-22-19(21)16-12-13-17(14-8-4-2-5-9-14)20-18(16)23-15-10-6-3-7-11-15/h14-21H,2-13H2,1H3. The SMILES string of the molecule is COC(O)C1CCC(C2CCCCC2)NC1OC1CCCCC1. The van der Waals surface area contributed by atoms with Gasteiger partial charge in [0, 0.05) is 19.1 Å². The molecule has 1 heterocycles. The van der Waals surface area contributed by atoms with Crippen molar-refractivity contribution in [3.8, 4) is 0 Å². The zero-order chi connectivity index (χ0) is 16.1. The lowest BCUT2D eigenvalue weighted by atomic mass is 9.78. The third-order valence-corrected chi connectivity index (χ3v) is 6.30. The Bertz CT molecular complexity index is 340. The van der Waals surface area contributed by atoms with E-state index in [1.54, 1.807) is 7.11 Å². The highest BCUT2D eigenvalue weighted by Gasteiger charge is 2.39. The summed E-state index contributed by atoms with van der Waals surface area (Å²) in [4.78, 5) is 0. The van der Waals surface area contributed by atoms with E-state index < -0.39 is 6.29 Å². The summed E-state index contributed by atoms with van der Waals surface area (Å²) in [6.45, 7) is 0. The van der Waals surface area contributed by atoms with Gasteiger partial charge in [0.2, 0.25) is 0 Å². The van der Waals surface area contributed by atoms with E-state index in [2.05, 4.69) is 5.32 Å². The minimum atomic E-state index is -0.719. The van der Waals surface area contributed by atoms with Gasteiger partial charge in [0.05, 0.1) is 6.10 Å². The van der Waals surface area contributed by atoms with E-state index in [9.17, 15) is 5.11 Å². The van der Waals surface area contributed by atoms with Gasteiger partial charge in [-0.25, -0.2) is 0 Å². The molecule has 134 valence electrons. The molecule has 23 heavy (non-hydrogen) atoms. The largest absolute Gasteiger partial charge is 0.368 e. The summed E-state index contributed by atoms with van der Waals surface area (Å²) in [6, 6.07) is 0.559. The molecule has 1 saturated heterocycles. The highest BCUT2D eigenvalue weighted by molar-refractivity contribution is 4.89. The number of ether oxygens (including phenoxy) is 2. The van der Waals surface area contributed by atoms with Crippen LogP contribution in [0.3, 0.4) is 0 Å². The summed E-state index contributed by atoms with van der Waals surface area (Å²) in [7, 11) is 1.59. The molecule has 4 nitrogen and oxygen atoms in total. The van der Waals surface area contributed by atoms with Crippen LogP contribution < -0.4 is 5.32 Å². The van der Waals surface area contributed by atoms with Gasteiger partial charge in [-0.15, -0.1) is 0 Å². The van der Waals surface area contributed by atoms with Crippen molar-refractivity contribution in [1.82, 2.24) is 5.32 Å². The van der Waals surface area contributed by atoms with Crippen molar-refractivity contribution in [2.24, 2.45) is 11.8 Å². The second kappa shape index (κ2) is 8.80. The Kier molecular flexibility index (Phi) is 6.75. The summed E-state index contributed by atoms with van der Waals surface area (Å²) in [5.74, 6) is 0.851. The van der Waals surface area contributed by atoms with Crippen molar-refractivity contribution >= 4 is 0 Å². The summed E-state index contributed by atoms with van der Waals surface area (Å²) < 4.78 is 11.7. The van der Waals surface area contributed by atoms with Crippen molar-refractivity contribution < 1.29 is 14.6 Å². The van der Waals surface area contributed by atoms with Gasteiger partial charge in [-0.05, 0) is 44.4 Å². The topological polar surface area (TPSA) is 50.7 Å². The van der Waals surface area contributed by atoms with Crippen molar-refractivity contribution in [1.29, 1.82) is 0 Å². The minimum absolute atomic E-state index is 0.0475. The van der Waals surface area contributed by atoms with Crippen molar-refractivity contribution in [2.45, 2.75) is 102 Å². The number of hydrogen-bond acceptors (Lipinski definition) is 4. The highest BCUT2D eigenvalue weighted by atomic mass is 16.6. The van der Waals surface area contributed by atoms with Crippen LogP contribution in [0.1, 0.15) is 77.0 Å². The molecule has 0 aromatic carbocycles.